The zero-order valence-electron chi connectivity index (χ0n) is 11.4. The van der Waals surface area contributed by atoms with Crippen LogP contribution in [-0.2, 0) is 11.5 Å². The molecule has 0 atom stereocenters. The molecule has 0 N–H and O–H groups in total. The van der Waals surface area contributed by atoms with Crippen molar-refractivity contribution in [2.24, 2.45) is 0 Å². The molecule has 1 aromatic carbocycles. The lowest BCUT2D eigenvalue weighted by molar-refractivity contribution is 0.0816. The van der Waals surface area contributed by atoms with E-state index in [1.54, 1.807) is 0 Å². The molecule has 0 aliphatic rings. The second-order valence-electron chi connectivity index (χ2n) is 5.82. The Balaban J connectivity index is 2.06. The molecular weight excluding hydrogens is 435 g/mol. The summed E-state index contributed by atoms with van der Waals surface area (Å²) < 4.78 is 9.95. The van der Waals surface area contributed by atoms with E-state index in [0.717, 1.165) is 22.0 Å². The highest BCUT2D eigenvalue weighted by atomic mass is 127. The van der Waals surface area contributed by atoms with Gasteiger partial charge in [-0.05, 0) is 56.7 Å². The molecule has 0 unspecified atom stereocenters. The van der Waals surface area contributed by atoms with Gasteiger partial charge in [-0.1, -0.05) is 19.6 Å². The predicted octanol–water partition coefficient (Wildman–Crippen LogP) is 4.72. The third-order valence-corrected chi connectivity index (χ3v) is 5.79. The Labute approximate surface area is 137 Å². The number of hydrogen-bond acceptors (Lipinski definition) is 2. The van der Waals surface area contributed by atoms with Crippen LogP contribution >= 0.6 is 38.5 Å². The molecule has 0 bridgehead atoms. The van der Waals surface area contributed by atoms with Gasteiger partial charge in [0.2, 0.25) is 0 Å². The van der Waals surface area contributed by atoms with Crippen LogP contribution in [0.25, 0.3) is 10.9 Å². The van der Waals surface area contributed by atoms with Crippen LogP contribution in [0.3, 0.4) is 0 Å². The molecule has 19 heavy (non-hydrogen) atoms. The monoisotopic (exact) mass is 452 g/mol. The van der Waals surface area contributed by atoms with Crippen molar-refractivity contribution >= 4 is 57.5 Å². The zero-order valence-corrected chi connectivity index (χ0v) is 16.2. The fourth-order valence-electron chi connectivity index (χ4n) is 1.77. The van der Waals surface area contributed by atoms with Crippen molar-refractivity contribution in [1.82, 2.24) is 9.78 Å². The molecule has 2 rings (SSSR count). The Morgan fingerprint density at radius 3 is 2.79 bits per heavy atom. The highest BCUT2D eigenvalue weighted by molar-refractivity contribution is 14.1. The van der Waals surface area contributed by atoms with Crippen molar-refractivity contribution in [2.45, 2.75) is 32.4 Å². The summed E-state index contributed by atoms with van der Waals surface area (Å²) in [5.74, 6) is 0. The first-order valence-corrected chi connectivity index (χ1v) is 11.8. The predicted molar refractivity (Wildman–Crippen MR) is 94.3 cm³/mol. The third kappa shape index (κ3) is 4.27. The van der Waals surface area contributed by atoms with E-state index >= 15 is 0 Å². The van der Waals surface area contributed by atoms with E-state index < -0.39 is 8.07 Å². The maximum absolute atomic E-state index is 5.76. The van der Waals surface area contributed by atoms with Crippen LogP contribution in [0.1, 0.15) is 0 Å². The summed E-state index contributed by atoms with van der Waals surface area (Å²) in [5, 5.41) is 5.55. The molecular formula is C13H18BrIN2OSi. The van der Waals surface area contributed by atoms with Crippen LogP contribution in [0.15, 0.2) is 22.8 Å². The molecule has 1 heterocycles. The molecule has 0 radical (unpaired) electrons. The summed E-state index contributed by atoms with van der Waals surface area (Å²) in [6.07, 6.45) is 1.89. The quantitative estimate of drug-likeness (QED) is 0.373. The van der Waals surface area contributed by atoms with Gasteiger partial charge in [0, 0.05) is 28.1 Å². The van der Waals surface area contributed by atoms with E-state index in [0.29, 0.717) is 6.73 Å². The molecule has 0 fully saturated rings. The Kier molecular flexibility index (Phi) is 5.08. The number of benzene rings is 1. The van der Waals surface area contributed by atoms with Crippen LogP contribution < -0.4 is 0 Å². The van der Waals surface area contributed by atoms with Crippen molar-refractivity contribution in [3.05, 3.63) is 26.4 Å². The van der Waals surface area contributed by atoms with Gasteiger partial charge in [0.15, 0.2) is 0 Å². The van der Waals surface area contributed by atoms with E-state index in [1.807, 2.05) is 10.9 Å². The standard InChI is InChI=1S/C13H18BrIN2OSi/c1-19(2,3)5-4-18-9-17-13-10(8-16-17)6-11(15)7-12(13)14/h6-8H,4-5,9H2,1-3H3. The lowest BCUT2D eigenvalue weighted by Gasteiger charge is -2.15. The van der Waals surface area contributed by atoms with Gasteiger partial charge in [0.1, 0.15) is 6.73 Å². The summed E-state index contributed by atoms with van der Waals surface area (Å²) in [7, 11) is -1.02. The lowest BCUT2D eigenvalue weighted by Crippen LogP contribution is -2.22. The molecule has 0 aliphatic heterocycles. The summed E-state index contributed by atoms with van der Waals surface area (Å²) in [4.78, 5) is 0. The number of nitrogens with zero attached hydrogens (tertiary/aromatic N) is 2. The molecule has 104 valence electrons. The van der Waals surface area contributed by atoms with Gasteiger partial charge in [-0.2, -0.15) is 5.10 Å². The number of aromatic nitrogens is 2. The number of fused-ring (bicyclic) bond motifs is 1. The minimum absolute atomic E-state index is 0.521. The Hall–Kier alpha value is 0.0769. The van der Waals surface area contributed by atoms with E-state index in [2.05, 4.69) is 75.4 Å². The first-order chi connectivity index (χ1) is 8.87. The van der Waals surface area contributed by atoms with Crippen LogP contribution in [0.2, 0.25) is 25.7 Å². The molecule has 0 saturated heterocycles. The highest BCUT2D eigenvalue weighted by Crippen LogP contribution is 2.26. The number of halogens is 2. The smallest absolute Gasteiger partial charge is 0.140 e. The SMILES string of the molecule is C[Si](C)(C)CCOCn1ncc2cc(I)cc(Br)c21. The van der Waals surface area contributed by atoms with Gasteiger partial charge in [-0.25, -0.2) is 4.68 Å². The van der Waals surface area contributed by atoms with Crippen molar-refractivity contribution in [3.63, 3.8) is 0 Å². The van der Waals surface area contributed by atoms with Gasteiger partial charge in [0.05, 0.1) is 11.7 Å². The molecule has 0 amide bonds. The second-order valence-corrected chi connectivity index (χ2v) is 13.5. The zero-order chi connectivity index (χ0) is 14.0. The molecule has 2 aromatic rings. The fraction of sp³-hybridized carbons (Fsp3) is 0.462. The minimum atomic E-state index is -1.02. The molecule has 0 aliphatic carbocycles. The normalized spacial score (nSPS) is 12.3. The van der Waals surface area contributed by atoms with Crippen molar-refractivity contribution in [2.75, 3.05) is 6.61 Å². The Morgan fingerprint density at radius 2 is 2.11 bits per heavy atom. The molecule has 0 saturated carbocycles. The van der Waals surface area contributed by atoms with Gasteiger partial charge in [0.25, 0.3) is 0 Å². The topological polar surface area (TPSA) is 27.1 Å². The van der Waals surface area contributed by atoms with Gasteiger partial charge in [-0.15, -0.1) is 0 Å². The first kappa shape index (κ1) is 15.5. The molecule has 0 spiro atoms. The molecule has 1 aromatic heterocycles. The highest BCUT2D eigenvalue weighted by Gasteiger charge is 2.13. The Bertz CT molecular complexity index is 580. The molecule has 3 nitrogen and oxygen atoms in total. The van der Waals surface area contributed by atoms with Crippen molar-refractivity contribution in [3.8, 4) is 0 Å². The average Bonchev–Trinajstić information content (AvgIpc) is 2.66. The van der Waals surface area contributed by atoms with Gasteiger partial charge in [-0.3, -0.25) is 0 Å². The van der Waals surface area contributed by atoms with E-state index in [9.17, 15) is 0 Å². The van der Waals surface area contributed by atoms with Crippen LogP contribution in [0, 0.1) is 3.57 Å². The van der Waals surface area contributed by atoms with E-state index in [1.165, 1.54) is 9.61 Å². The van der Waals surface area contributed by atoms with E-state index in [-0.39, 0.29) is 0 Å². The van der Waals surface area contributed by atoms with Crippen LogP contribution in [-0.4, -0.2) is 24.5 Å². The first-order valence-electron chi connectivity index (χ1n) is 6.25. The summed E-state index contributed by atoms with van der Waals surface area (Å²) in [6.45, 7) is 8.42. The Morgan fingerprint density at radius 1 is 1.37 bits per heavy atom. The number of hydrogen-bond donors (Lipinski definition) is 0. The minimum Gasteiger partial charge on any atom is -0.360 e. The fourth-order valence-corrected chi connectivity index (χ4v) is 4.29. The van der Waals surface area contributed by atoms with Crippen molar-refractivity contribution in [1.29, 1.82) is 0 Å². The van der Waals surface area contributed by atoms with Crippen molar-refractivity contribution < 1.29 is 4.74 Å². The van der Waals surface area contributed by atoms with Crippen LogP contribution in [0.5, 0.6) is 0 Å². The summed E-state index contributed by atoms with van der Waals surface area (Å²) in [6, 6.07) is 5.42. The number of ether oxygens (including phenoxy) is 1. The third-order valence-electron chi connectivity index (χ3n) is 2.86. The van der Waals surface area contributed by atoms with Gasteiger partial charge < -0.3 is 4.74 Å². The van der Waals surface area contributed by atoms with Gasteiger partial charge >= 0.3 is 0 Å². The number of rotatable bonds is 5. The summed E-state index contributed by atoms with van der Waals surface area (Å²) >= 11 is 5.92. The summed E-state index contributed by atoms with van der Waals surface area (Å²) in [5.41, 5.74) is 1.11. The molecule has 6 heteroatoms. The lowest BCUT2D eigenvalue weighted by atomic mass is 10.3. The average molecular weight is 453 g/mol. The van der Waals surface area contributed by atoms with Crippen LogP contribution in [0.4, 0.5) is 0 Å². The maximum atomic E-state index is 5.76. The largest absolute Gasteiger partial charge is 0.360 e. The second kappa shape index (κ2) is 6.24. The van der Waals surface area contributed by atoms with E-state index in [4.69, 9.17) is 4.74 Å². The maximum Gasteiger partial charge on any atom is 0.140 e.